The topological polar surface area (TPSA) is 96.9 Å². The van der Waals surface area contributed by atoms with Crippen LogP contribution in [0.15, 0.2) is 41.5 Å². The van der Waals surface area contributed by atoms with Crippen LogP contribution >= 0.6 is 11.6 Å². The molecule has 0 aromatic heterocycles. The number of nitrogens with zero attached hydrogens (tertiary/aromatic N) is 1. The van der Waals surface area contributed by atoms with Crippen LogP contribution in [0.1, 0.15) is 15.9 Å². The molecule has 4 N–H and O–H groups in total. The summed E-state index contributed by atoms with van der Waals surface area (Å²) >= 11 is 5.98. The summed E-state index contributed by atoms with van der Waals surface area (Å²) in [6, 6.07) is 9.79. The first kappa shape index (κ1) is 15.7. The average Bonchev–Trinajstić information content (AvgIpc) is 2.52. The van der Waals surface area contributed by atoms with Gasteiger partial charge < -0.3 is 15.6 Å². The van der Waals surface area contributed by atoms with Crippen LogP contribution in [0.3, 0.4) is 0 Å². The molecule has 2 aromatic rings. The molecule has 1 amide bonds. The number of nitrogen functional groups attached to an aromatic ring is 1. The number of amides is 1. The quantitative estimate of drug-likeness (QED) is 0.458. The number of methoxy groups -OCH3 is 1. The Morgan fingerprint density at radius 3 is 2.77 bits per heavy atom. The third kappa shape index (κ3) is 3.29. The molecular formula is C15H14ClN3O3. The van der Waals surface area contributed by atoms with Gasteiger partial charge in [0.05, 0.1) is 23.9 Å². The van der Waals surface area contributed by atoms with Gasteiger partial charge in [-0.05, 0) is 24.3 Å². The van der Waals surface area contributed by atoms with Crippen LogP contribution in [0.5, 0.6) is 11.5 Å². The minimum atomic E-state index is -0.441. The number of phenols is 1. The molecule has 0 heterocycles. The van der Waals surface area contributed by atoms with Crippen LogP contribution in [0, 0.1) is 0 Å². The zero-order chi connectivity index (χ0) is 16.1. The van der Waals surface area contributed by atoms with Gasteiger partial charge in [0.15, 0.2) is 11.5 Å². The summed E-state index contributed by atoms with van der Waals surface area (Å²) in [6.45, 7) is 0. The number of nitrogens with one attached hydrogen (secondary N) is 1. The fraction of sp³-hybridized carbons (Fsp3) is 0.0667. The van der Waals surface area contributed by atoms with Crippen molar-refractivity contribution in [2.45, 2.75) is 0 Å². The highest BCUT2D eigenvalue weighted by Gasteiger charge is 2.10. The van der Waals surface area contributed by atoms with Crippen LogP contribution in [0.4, 0.5) is 5.69 Å². The number of nitrogens with two attached hydrogens (primary N) is 1. The van der Waals surface area contributed by atoms with Gasteiger partial charge in [0.25, 0.3) is 5.91 Å². The predicted molar refractivity (Wildman–Crippen MR) is 85.6 cm³/mol. The zero-order valence-electron chi connectivity index (χ0n) is 11.7. The Hall–Kier alpha value is -2.73. The largest absolute Gasteiger partial charge is 0.503 e. The summed E-state index contributed by atoms with van der Waals surface area (Å²) in [6.07, 6.45) is 1.32. The van der Waals surface area contributed by atoms with Crippen LogP contribution in [0.2, 0.25) is 5.02 Å². The molecule has 0 bridgehead atoms. The number of aromatic hydroxyl groups is 1. The number of para-hydroxylation sites is 1. The summed E-state index contributed by atoms with van der Waals surface area (Å²) in [4.78, 5) is 11.9. The number of phenolic OH excluding ortho intramolecular Hbond substituents is 1. The van der Waals surface area contributed by atoms with Crippen molar-refractivity contribution in [3.8, 4) is 11.5 Å². The molecule has 0 spiro atoms. The number of halogens is 1. The predicted octanol–water partition coefficient (Wildman–Crippen LogP) is 2.40. The smallest absolute Gasteiger partial charge is 0.273 e. The summed E-state index contributed by atoms with van der Waals surface area (Å²) in [5, 5.41) is 13.7. The van der Waals surface area contributed by atoms with E-state index in [1.165, 1.54) is 13.3 Å². The van der Waals surface area contributed by atoms with Gasteiger partial charge in [-0.1, -0.05) is 23.7 Å². The van der Waals surface area contributed by atoms with E-state index in [1.54, 1.807) is 36.4 Å². The van der Waals surface area contributed by atoms with Gasteiger partial charge in [-0.15, -0.1) is 0 Å². The van der Waals surface area contributed by atoms with E-state index in [9.17, 15) is 9.90 Å². The minimum Gasteiger partial charge on any atom is -0.503 e. The van der Waals surface area contributed by atoms with Gasteiger partial charge in [-0.2, -0.15) is 5.10 Å². The molecule has 0 atom stereocenters. The molecule has 114 valence electrons. The van der Waals surface area contributed by atoms with Gasteiger partial charge in [0.2, 0.25) is 0 Å². The number of rotatable bonds is 4. The van der Waals surface area contributed by atoms with Crippen LogP contribution < -0.4 is 15.9 Å². The van der Waals surface area contributed by atoms with Crippen molar-refractivity contribution in [2.24, 2.45) is 5.10 Å². The molecule has 0 unspecified atom stereocenters. The maximum absolute atomic E-state index is 11.9. The van der Waals surface area contributed by atoms with Crippen molar-refractivity contribution in [2.75, 3.05) is 12.8 Å². The highest BCUT2D eigenvalue weighted by Crippen LogP contribution is 2.35. The number of carbonyl (C=O) groups is 1. The van der Waals surface area contributed by atoms with E-state index in [4.69, 9.17) is 22.1 Å². The molecule has 0 saturated carbocycles. The molecule has 22 heavy (non-hydrogen) atoms. The summed E-state index contributed by atoms with van der Waals surface area (Å²) in [7, 11) is 1.42. The third-order valence-electron chi connectivity index (χ3n) is 2.90. The molecule has 0 aliphatic rings. The molecule has 0 radical (unpaired) electrons. The molecule has 7 heteroatoms. The van der Waals surface area contributed by atoms with Crippen molar-refractivity contribution in [1.82, 2.24) is 5.43 Å². The zero-order valence-corrected chi connectivity index (χ0v) is 12.5. The number of carbonyl (C=O) groups excluding carboxylic acids is 1. The molecule has 6 nitrogen and oxygen atoms in total. The van der Waals surface area contributed by atoms with Crippen molar-refractivity contribution in [3.63, 3.8) is 0 Å². The highest BCUT2D eigenvalue weighted by molar-refractivity contribution is 6.34. The van der Waals surface area contributed by atoms with E-state index < -0.39 is 5.91 Å². The number of ether oxygens (including phenoxy) is 1. The Labute approximate surface area is 132 Å². The van der Waals surface area contributed by atoms with Crippen molar-refractivity contribution in [3.05, 3.63) is 52.5 Å². The van der Waals surface area contributed by atoms with Gasteiger partial charge >= 0.3 is 0 Å². The number of hydrogen-bond donors (Lipinski definition) is 3. The monoisotopic (exact) mass is 319 g/mol. The lowest BCUT2D eigenvalue weighted by Gasteiger charge is -2.06. The second kappa shape index (κ2) is 6.82. The molecule has 0 fully saturated rings. The number of hydrazone groups is 1. The first-order chi connectivity index (χ1) is 10.5. The Kier molecular flexibility index (Phi) is 4.85. The third-order valence-corrected chi connectivity index (χ3v) is 3.30. The van der Waals surface area contributed by atoms with Crippen LogP contribution in [-0.4, -0.2) is 24.3 Å². The first-order valence-electron chi connectivity index (χ1n) is 6.28. The van der Waals surface area contributed by atoms with E-state index >= 15 is 0 Å². The lowest BCUT2D eigenvalue weighted by atomic mass is 10.2. The number of hydrogen-bond acceptors (Lipinski definition) is 5. The van der Waals surface area contributed by atoms with Gasteiger partial charge in [-0.25, -0.2) is 5.43 Å². The lowest BCUT2D eigenvalue weighted by molar-refractivity contribution is 0.0956. The second-order valence-corrected chi connectivity index (χ2v) is 4.68. The lowest BCUT2D eigenvalue weighted by Crippen LogP contribution is -2.19. The first-order valence-corrected chi connectivity index (χ1v) is 6.65. The number of anilines is 1. The molecular weight excluding hydrogens is 306 g/mol. The number of benzene rings is 2. The summed E-state index contributed by atoms with van der Waals surface area (Å²) < 4.78 is 4.93. The van der Waals surface area contributed by atoms with Crippen molar-refractivity contribution < 1.29 is 14.6 Å². The standard InChI is InChI=1S/C15H14ClN3O3/c1-22-12-7-6-9(13(16)14(12)20)8-18-19-15(21)10-4-2-3-5-11(10)17/h2-8,20H,17H2,1H3,(H,19,21)/b18-8-. The van der Waals surface area contributed by atoms with Gasteiger partial charge in [-0.3, -0.25) is 4.79 Å². The highest BCUT2D eigenvalue weighted by atomic mass is 35.5. The van der Waals surface area contributed by atoms with E-state index in [0.29, 0.717) is 16.8 Å². The van der Waals surface area contributed by atoms with E-state index in [1.807, 2.05) is 0 Å². The normalized spacial score (nSPS) is 10.6. The minimum absolute atomic E-state index is 0.0802. The van der Waals surface area contributed by atoms with Crippen molar-refractivity contribution >= 4 is 29.4 Å². The maximum Gasteiger partial charge on any atom is 0.273 e. The van der Waals surface area contributed by atoms with E-state index in [-0.39, 0.29) is 16.5 Å². The fourth-order valence-corrected chi connectivity index (χ4v) is 1.96. The fourth-order valence-electron chi connectivity index (χ4n) is 1.75. The molecule has 2 aromatic carbocycles. The maximum atomic E-state index is 11.9. The van der Waals surface area contributed by atoms with Crippen LogP contribution in [-0.2, 0) is 0 Å². The average molecular weight is 320 g/mol. The van der Waals surface area contributed by atoms with Crippen LogP contribution in [0.25, 0.3) is 0 Å². The SMILES string of the molecule is COc1ccc(/C=N\NC(=O)c2ccccc2N)c(Cl)c1O. The van der Waals surface area contributed by atoms with E-state index in [2.05, 4.69) is 10.5 Å². The summed E-state index contributed by atoms with van der Waals surface area (Å²) in [5.41, 5.74) is 9.15. The molecule has 0 aliphatic carbocycles. The molecule has 0 saturated heterocycles. The Balaban J connectivity index is 2.12. The second-order valence-electron chi connectivity index (χ2n) is 4.31. The Morgan fingerprint density at radius 2 is 2.09 bits per heavy atom. The van der Waals surface area contributed by atoms with Gasteiger partial charge in [0.1, 0.15) is 0 Å². The van der Waals surface area contributed by atoms with Crippen molar-refractivity contribution in [1.29, 1.82) is 0 Å². The summed E-state index contributed by atoms with van der Waals surface area (Å²) in [5.74, 6) is -0.377. The Bertz CT molecular complexity index is 732. The van der Waals surface area contributed by atoms with Gasteiger partial charge in [0, 0.05) is 11.3 Å². The molecule has 2 rings (SSSR count). The Morgan fingerprint density at radius 1 is 1.36 bits per heavy atom. The molecule has 0 aliphatic heterocycles. The van der Waals surface area contributed by atoms with E-state index in [0.717, 1.165) is 0 Å².